The van der Waals surface area contributed by atoms with Gasteiger partial charge in [0.1, 0.15) is 11.5 Å². The van der Waals surface area contributed by atoms with E-state index in [2.05, 4.69) is 18.3 Å². The number of hydrogen-bond donors (Lipinski definition) is 1. The molecule has 2 rings (SSSR count). The van der Waals surface area contributed by atoms with E-state index < -0.39 is 0 Å². The summed E-state index contributed by atoms with van der Waals surface area (Å²) >= 11 is 0. The number of anilines is 1. The molecule has 0 heterocycles. The maximum Gasteiger partial charge on any atom is 0.253 e. The number of carbonyl (C=O) groups is 1. The van der Waals surface area contributed by atoms with Crippen LogP contribution in [-0.4, -0.2) is 38.6 Å². The summed E-state index contributed by atoms with van der Waals surface area (Å²) in [4.78, 5) is 13.7. The van der Waals surface area contributed by atoms with Crippen molar-refractivity contribution in [1.29, 1.82) is 0 Å². The van der Waals surface area contributed by atoms with Gasteiger partial charge in [0.15, 0.2) is 0 Å². The zero-order valence-electron chi connectivity index (χ0n) is 15.6. The van der Waals surface area contributed by atoms with Gasteiger partial charge in [-0.3, -0.25) is 4.79 Å². The van der Waals surface area contributed by atoms with Crippen LogP contribution in [0, 0.1) is 6.92 Å². The molecule has 0 saturated heterocycles. The molecule has 0 saturated carbocycles. The van der Waals surface area contributed by atoms with Gasteiger partial charge in [-0.05, 0) is 38.1 Å². The Kier molecular flexibility index (Phi) is 6.28. The second-order valence-corrected chi connectivity index (χ2v) is 6.01. The lowest BCUT2D eigenvalue weighted by atomic mass is 10.1. The Morgan fingerprint density at radius 2 is 1.88 bits per heavy atom. The van der Waals surface area contributed by atoms with Crippen LogP contribution in [0.15, 0.2) is 36.4 Å². The molecule has 0 fully saturated rings. The number of aryl methyl sites for hydroxylation is 1. The number of benzene rings is 2. The van der Waals surface area contributed by atoms with Gasteiger partial charge in [0.25, 0.3) is 5.91 Å². The van der Waals surface area contributed by atoms with Crippen LogP contribution in [0.25, 0.3) is 0 Å². The molecule has 2 aromatic carbocycles. The molecule has 2 aromatic rings. The minimum absolute atomic E-state index is 0.0483. The monoisotopic (exact) mass is 342 g/mol. The first-order chi connectivity index (χ1) is 12.0. The molecule has 25 heavy (non-hydrogen) atoms. The molecule has 1 N–H and O–H groups in total. The minimum Gasteiger partial charge on any atom is -0.496 e. The van der Waals surface area contributed by atoms with E-state index >= 15 is 0 Å². The lowest BCUT2D eigenvalue weighted by molar-refractivity contribution is 0.0827. The number of hydrogen-bond acceptors (Lipinski definition) is 4. The van der Waals surface area contributed by atoms with E-state index in [4.69, 9.17) is 9.47 Å². The molecule has 1 amide bonds. The summed E-state index contributed by atoms with van der Waals surface area (Å²) < 4.78 is 11.1. The summed E-state index contributed by atoms with van der Waals surface area (Å²) in [5, 5.41) is 3.38. The van der Waals surface area contributed by atoms with Crippen LogP contribution in [0.2, 0.25) is 0 Å². The minimum atomic E-state index is -0.0483. The standard InChI is InChI=1S/C20H26N2O3/c1-6-25-19-12-15(20(23)22(3)4)8-9-17(19)21-13-16-11-14(2)7-10-18(16)24-5/h7-12,21H,6,13H2,1-5H3. The number of amides is 1. The highest BCUT2D eigenvalue weighted by Crippen LogP contribution is 2.28. The van der Waals surface area contributed by atoms with E-state index in [1.807, 2.05) is 25.1 Å². The van der Waals surface area contributed by atoms with Gasteiger partial charge in [0.05, 0.1) is 19.4 Å². The van der Waals surface area contributed by atoms with Crippen molar-refractivity contribution in [1.82, 2.24) is 4.90 Å². The molecule has 0 bridgehead atoms. The van der Waals surface area contributed by atoms with Gasteiger partial charge in [-0.1, -0.05) is 17.7 Å². The highest BCUT2D eigenvalue weighted by atomic mass is 16.5. The van der Waals surface area contributed by atoms with E-state index in [-0.39, 0.29) is 5.91 Å². The molecule has 134 valence electrons. The fraction of sp³-hybridized carbons (Fsp3) is 0.350. The number of nitrogens with one attached hydrogen (secondary N) is 1. The lowest BCUT2D eigenvalue weighted by Crippen LogP contribution is -2.21. The highest BCUT2D eigenvalue weighted by Gasteiger charge is 2.13. The third-order valence-electron chi connectivity index (χ3n) is 3.84. The van der Waals surface area contributed by atoms with Crippen molar-refractivity contribution in [3.63, 3.8) is 0 Å². The first kappa shape index (κ1) is 18.6. The van der Waals surface area contributed by atoms with E-state index in [1.165, 1.54) is 5.56 Å². The second-order valence-electron chi connectivity index (χ2n) is 6.01. The van der Waals surface area contributed by atoms with Crippen LogP contribution in [0.3, 0.4) is 0 Å². The van der Waals surface area contributed by atoms with Crippen molar-refractivity contribution >= 4 is 11.6 Å². The maximum atomic E-state index is 12.1. The summed E-state index contributed by atoms with van der Waals surface area (Å²) in [6.07, 6.45) is 0. The van der Waals surface area contributed by atoms with Gasteiger partial charge in [0, 0.05) is 31.8 Å². The second kappa shape index (κ2) is 8.42. The van der Waals surface area contributed by atoms with Crippen molar-refractivity contribution in [3.8, 4) is 11.5 Å². The molecular weight excluding hydrogens is 316 g/mol. The molecule has 0 unspecified atom stereocenters. The molecule has 0 radical (unpaired) electrons. The molecule has 0 aliphatic heterocycles. The Morgan fingerprint density at radius 1 is 1.12 bits per heavy atom. The molecule has 0 aromatic heterocycles. The van der Waals surface area contributed by atoms with E-state index in [0.29, 0.717) is 24.5 Å². The number of carbonyl (C=O) groups excluding carboxylic acids is 1. The van der Waals surface area contributed by atoms with Crippen LogP contribution < -0.4 is 14.8 Å². The Hall–Kier alpha value is -2.69. The van der Waals surface area contributed by atoms with Crippen molar-refractivity contribution in [2.24, 2.45) is 0 Å². The van der Waals surface area contributed by atoms with Gasteiger partial charge >= 0.3 is 0 Å². The predicted molar refractivity (Wildman–Crippen MR) is 101 cm³/mol. The van der Waals surface area contributed by atoms with Crippen molar-refractivity contribution < 1.29 is 14.3 Å². The Balaban J connectivity index is 2.24. The maximum absolute atomic E-state index is 12.1. The highest BCUT2D eigenvalue weighted by molar-refractivity contribution is 5.95. The number of rotatable bonds is 7. The van der Waals surface area contributed by atoms with Gasteiger partial charge in [-0.15, -0.1) is 0 Å². The fourth-order valence-electron chi connectivity index (χ4n) is 2.57. The van der Waals surface area contributed by atoms with Crippen LogP contribution in [-0.2, 0) is 6.54 Å². The van der Waals surface area contributed by atoms with E-state index in [9.17, 15) is 4.79 Å². The fourth-order valence-corrected chi connectivity index (χ4v) is 2.57. The molecule has 0 spiro atoms. The van der Waals surface area contributed by atoms with Gasteiger partial charge in [-0.2, -0.15) is 0 Å². The molecule has 5 heteroatoms. The largest absolute Gasteiger partial charge is 0.496 e. The third kappa shape index (κ3) is 4.66. The summed E-state index contributed by atoms with van der Waals surface area (Å²) in [5.41, 5.74) is 3.70. The number of nitrogens with zero attached hydrogens (tertiary/aromatic N) is 1. The topological polar surface area (TPSA) is 50.8 Å². The molecule has 0 aliphatic rings. The van der Waals surface area contributed by atoms with Crippen LogP contribution in [0.1, 0.15) is 28.4 Å². The van der Waals surface area contributed by atoms with Gasteiger partial charge in [0.2, 0.25) is 0 Å². The molecule has 5 nitrogen and oxygen atoms in total. The smallest absolute Gasteiger partial charge is 0.253 e. The number of methoxy groups -OCH3 is 1. The van der Waals surface area contributed by atoms with Crippen LogP contribution in [0.5, 0.6) is 11.5 Å². The average molecular weight is 342 g/mol. The zero-order chi connectivity index (χ0) is 18.4. The SMILES string of the molecule is CCOc1cc(C(=O)N(C)C)ccc1NCc1cc(C)ccc1OC. The zero-order valence-corrected chi connectivity index (χ0v) is 15.6. The Labute approximate surface area is 149 Å². The van der Waals surface area contributed by atoms with Crippen molar-refractivity contribution in [2.45, 2.75) is 20.4 Å². The van der Waals surface area contributed by atoms with Gasteiger partial charge in [-0.25, -0.2) is 0 Å². The number of ether oxygens (including phenoxy) is 2. The van der Waals surface area contributed by atoms with Crippen LogP contribution in [0.4, 0.5) is 5.69 Å². The van der Waals surface area contributed by atoms with Crippen molar-refractivity contribution in [3.05, 3.63) is 53.1 Å². The quantitative estimate of drug-likeness (QED) is 0.833. The predicted octanol–water partition coefficient (Wildman–Crippen LogP) is 3.72. The van der Waals surface area contributed by atoms with Crippen LogP contribution >= 0.6 is 0 Å². The average Bonchev–Trinajstić information content (AvgIpc) is 2.60. The molecule has 0 atom stereocenters. The normalized spacial score (nSPS) is 10.3. The van der Waals surface area contributed by atoms with Gasteiger partial charge < -0.3 is 19.7 Å². The summed E-state index contributed by atoms with van der Waals surface area (Å²) in [6, 6.07) is 11.5. The molecule has 0 aliphatic carbocycles. The van der Waals surface area contributed by atoms with E-state index in [1.54, 1.807) is 38.2 Å². The Bertz CT molecular complexity index is 742. The third-order valence-corrected chi connectivity index (χ3v) is 3.84. The molecular formula is C20H26N2O3. The Morgan fingerprint density at radius 3 is 2.52 bits per heavy atom. The first-order valence-corrected chi connectivity index (χ1v) is 8.32. The lowest BCUT2D eigenvalue weighted by Gasteiger charge is -2.16. The summed E-state index contributed by atoms with van der Waals surface area (Å²) in [7, 11) is 5.14. The van der Waals surface area contributed by atoms with Crippen molar-refractivity contribution in [2.75, 3.05) is 33.1 Å². The van der Waals surface area contributed by atoms with E-state index in [0.717, 1.165) is 17.0 Å². The summed E-state index contributed by atoms with van der Waals surface area (Å²) in [6.45, 7) is 5.11. The first-order valence-electron chi connectivity index (χ1n) is 8.32. The summed E-state index contributed by atoms with van der Waals surface area (Å²) in [5.74, 6) is 1.46.